The molecule has 1 saturated heterocycles. The number of carboxylic acids is 1. The molecule has 1 rings (SSSR count). The van der Waals surface area contributed by atoms with Gasteiger partial charge in [-0.2, -0.15) is 0 Å². The standard InChI is InChI=1S/C9H15NO3/c1-10(5-4-9(11)12)7-8-3-2-6-13-8/h4-5,8H,2-3,6-7H2,1H3,(H,11,12). The Labute approximate surface area is 77.8 Å². The molecule has 1 aliphatic heterocycles. The van der Waals surface area contributed by atoms with Crippen molar-refractivity contribution < 1.29 is 14.6 Å². The third-order valence-electron chi connectivity index (χ3n) is 1.99. The first-order chi connectivity index (χ1) is 6.18. The fourth-order valence-corrected chi connectivity index (χ4v) is 1.36. The van der Waals surface area contributed by atoms with Crippen LogP contribution in [-0.4, -0.2) is 42.3 Å². The molecule has 0 radical (unpaired) electrons. The third-order valence-corrected chi connectivity index (χ3v) is 1.99. The Balaban J connectivity index is 2.23. The second-order valence-electron chi connectivity index (χ2n) is 3.23. The van der Waals surface area contributed by atoms with Crippen LogP contribution in [0.1, 0.15) is 12.8 Å². The van der Waals surface area contributed by atoms with Crippen LogP contribution < -0.4 is 0 Å². The van der Waals surface area contributed by atoms with Gasteiger partial charge in [0, 0.05) is 32.5 Å². The van der Waals surface area contributed by atoms with E-state index < -0.39 is 5.97 Å². The van der Waals surface area contributed by atoms with E-state index in [4.69, 9.17) is 9.84 Å². The fourth-order valence-electron chi connectivity index (χ4n) is 1.36. The van der Waals surface area contributed by atoms with E-state index in [1.165, 1.54) is 0 Å². The van der Waals surface area contributed by atoms with Gasteiger partial charge in [0.05, 0.1) is 6.10 Å². The summed E-state index contributed by atoms with van der Waals surface area (Å²) in [7, 11) is 1.85. The molecular formula is C9H15NO3. The average molecular weight is 185 g/mol. The van der Waals surface area contributed by atoms with E-state index in [0.717, 1.165) is 32.1 Å². The van der Waals surface area contributed by atoms with Gasteiger partial charge in [-0.3, -0.25) is 0 Å². The lowest BCUT2D eigenvalue weighted by Gasteiger charge is -2.17. The molecule has 74 valence electrons. The maximum absolute atomic E-state index is 10.2. The fraction of sp³-hybridized carbons (Fsp3) is 0.667. The highest BCUT2D eigenvalue weighted by molar-refractivity contribution is 5.79. The predicted molar refractivity (Wildman–Crippen MR) is 48.4 cm³/mol. The SMILES string of the molecule is CN(C=CC(=O)O)CC1CCCO1. The molecule has 1 atom stereocenters. The normalized spacial score (nSPS) is 22.4. The van der Waals surface area contributed by atoms with Gasteiger partial charge in [0.25, 0.3) is 0 Å². The van der Waals surface area contributed by atoms with Gasteiger partial charge in [0.15, 0.2) is 0 Å². The zero-order valence-corrected chi connectivity index (χ0v) is 7.77. The molecule has 0 aromatic rings. The molecule has 1 unspecified atom stereocenters. The van der Waals surface area contributed by atoms with Gasteiger partial charge >= 0.3 is 5.97 Å². The van der Waals surface area contributed by atoms with Crippen molar-refractivity contribution in [2.24, 2.45) is 0 Å². The largest absolute Gasteiger partial charge is 0.478 e. The monoisotopic (exact) mass is 185 g/mol. The molecule has 0 aliphatic carbocycles. The lowest BCUT2D eigenvalue weighted by molar-refractivity contribution is -0.131. The summed E-state index contributed by atoms with van der Waals surface area (Å²) in [6, 6.07) is 0. The van der Waals surface area contributed by atoms with E-state index in [1.807, 2.05) is 11.9 Å². The van der Waals surface area contributed by atoms with Crippen LogP contribution in [0.5, 0.6) is 0 Å². The van der Waals surface area contributed by atoms with Crippen LogP contribution in [0.15, 0.2) is 12.3 Å². The third kappa shape index (κ3) is 3.94. The van der Waals surface area contributed by atoms with Crippen molar-refractivity contribution in [3.63, 3.8) is 0 Å². The number of nitrogens with zero attached hydrogens (tertiary/aromatic N) is 1. The summed E-state index contributed by atoms with van der Waals surface area (Å²) in [4.78, 5) is 12.0. The Kier molecular flexibility index (Phi) is 3.76. The van der Waals surface area contributed by atoms with Crippen molar-refractivity contribution in [3.8, 4) is 0 Å². The lowest BCUT2D eigenvalue weighted by Crippen LogP contribution is -2.24. The highest BCUT2D eigenvalue weighted by Gasteiger charge is 2.15. The van der Waals surface area contributed by atoms with Crippen LogP contribution in [0.2, 0.25) is 0 Å². The van der Waals surface area contributed by atoms with E-state index in [-0.39, 0.29) is 6.10 Å². The maximum atomic E-state index is 10.2. The number of carbonyl (C=O) groups is 1. The average Bonchev–Trinajstić information content (AvgIpc) is 2.53. The second-order valence-corrected chi connectivity index (χ2v) is 3.23. The maximum Gasteiger partial charge on any atom is 0.329 e. The minimum atomic E-state index is -0.917. The van der Waals surface area contributed by atoms with E-state index in [1.54, 1.807) is 6.20 Å². The van der Waals surface area contributed by atoms with Gasteiger partial charge in [0.2, 0.25) is 0 Å². The molecule has 0 bridgehead atoms. The number of hydrogen-bond acceptors (Lipinski definition) is 3. The molecule has 0 amide bonds. The van der Waals surface area contributed by atoms with Crippen molar-refractivity contribution >= 4 is 5.97 Å². The van der Waals surface area contributed by atoms with E-state index in [9.17, 15) is 4.79 Å². The Morgan fingerprint density at radius 3 is 3.08 bits per heavy atom. The molecule has 0 aromatic carbocycles. The molecule has 4 nitrogen and oxygen atoms in total. The van der Waals surface area contributed by atoms with Crippen molar-refractivity contribution in [2.75, 3.05) is 20.2 Å². The zero-order chi connectivity index (χ0) is 9.68. The molecule has 13 heavy (non-hydrogen) atoms. The first-order valence-corrected chi connectivity index (χ1v) is 4.41. The summed E-state index contributed by atoms with van der Waals surface area (Å²) < 4.78 is 5.41. The second kappa shape index (κ2) is 4.87. The number of hydrogen-bond donors (Lipinski definition) is 1. The van der Waals surface area contributed by atoms with Crippen LogP contribution in [-0.2, 0) is 9.53 Å². The van der Waals surface area contributed by atoms with Crippen LogP contribution >= 0.6 is 0 Å². The summed E-state index contributed by atoms with van der Waals surface area (Å²) in [6.45, 7) is 1.60. The molecule has 4 heteroatoms. The van der Waals surface area contributed by atoms with E-state index in [0.29, 0.717) is 0 Å². The molecule has 1 aliphatic rings. The Morgan fingerprint density at radius 2 is 2.54 bits per heavy atom. The highest BCUT2D eigenvalue weighted by atomic mass is 16.5. The van der Waals surface area contributed by atoms with Crippen LogP contribution in [0.3, 0.4) is 0 Å². The Bertz CT molecular complexity index is 197. The molecule has 1 N–H and O–H groups in total. The molecule has 0 spiro atoms. The minimum absolute atomic E-state index is 0.267. The summed E-state index contributed by atoms with van der Waals surface area (Å²) in [5, 5.41) is 8.38. The summed E-state index contributed by atoms with van der Waals surface area (Å²) >= 11 is 0. The first-order valence-electron chi connectivity index (χ1n) is 4.41. The van der Waals surface area contributed by atoms with Gasteiger partial charge in [0.1, 0.15) is 0 Å². The van der Waals surface area contributed by atoms with Crippen molar-refractivity contribution in [1.29, 1.82) is 0 Å². The molecule has 1 fully saturated rings. The van der Waals surface area contributed by atoms with E-state index in [2.05, 4.69) is 0 Å². The number of aliphatic carboxylic acids is 1. The highest BCUT2D eigenvalue weighted by Crippen LogP contribution is 2.12. The van der Waals surface area contributed by atoms with Gasteiger partial charge in [-0.25, -0.2) is 4.79 Å². The summed E-state index contributed by atoms with van der Waals surface area (Å²) in [5.41, 5.74) is 0. The number of carboxylic acid groups (broad SMARTS) is 1. The van der Waals surface area contributed by atoms with Crippen LogP contribution in [0, 0.1) is 0 Å². The summed E-state index contributed by atoms with van der Waals surface area (Å²) in [5.74, 6) is -0.917. The van der Waals surface area contributed by atoms with Gasteiger partial charge in [-0.1, -0.05) is 0 Å². The van der Waals surface area contributed by atoms with Gasteiger partial charge < -0.3 is 14.7 Å². The van der Waals surface area contributed by atoms with Gasteiger partial charge in [-0.15, -0.1) is 0 Å². The Morgan fingerprint density at radius 1 is 1.77 bits per heavy atom. The number of ether oxygens (including phenoxy) is 1. The lowest BCUT2D eigenvalue weighted by atomic mass is 10.2. The van der Waals surface area contributed by atoms with Crippen molar-refractivity contribution in [3.05, 3.63) is 12.3 Å². The predicted octanol–water partition coefficient (Wildman–Crippen LogP) is 0.696. The Hall–Kier alpha value is -1.03. The zero-order valence-electron chi connectivity index (χ0n) is 7.77. The number of rotatable bonds is 4. The quantitative estimate of drug-likeness (QED) is 0.655. The summed E-state index contributed by atoms with van der Waals surface area (Å²) in [6.07, 6.45) is 5.15. The van der Waals surface area contributed by atoms with Crippen LogP contribution in [0.4, 0.5) is 0 Å². The smallest absolute Gasteiger partial charge is 0.329 e. The first kappa shape index (κ1) is 10.1. The molecule has 0 aromatic heterocycles. The molecule has 0 saturated carbocycles. The van der Waals surface area contributed by atoms with Crippen molar-refractivity contribution in [1.82, 2.24) is 4.90 Å². The van der Waals surface area contributed by atoms with E-state index >= 15 is 0 Å². The van der Waals surface area contributed by atoms with Gasteiger partial charge in [-0.05, 0) is 12.8 Å². The molecular weight excluding hydrogens is 170 g/mol. The minimum Gasteiger partial charge on any atom is -0.478 e. The van der Waals surface area contributed by atoms with Crippen LogP contribution in [0.25, 0.3) is 0 Å². The molecule has 1 heterocycles. The van der Waals surface area contributed by atoms with Crippen molar-refractivity contribution in [2.45, 2.75) is 18.9 Å². The topological polar surface area (TPSA) is 49.8 Å². The number of likely N-dealkylation sites (N-methyl/N-ethyl adjacent to an activating group) is 1.